The molecular weight excluding hydrogens is 234 g/mol. The first-order valence-electron chi connectivity index (χ1n) is 5.81. The molecule has 1 aromatic carbocycles. The van der Waals surface area contributed by atoms with Gasteiger partial charge in [0.1, 0.15) is 0 Å². The lowest BCUT2D eigenvalue weighted by molar-refractivity contribution is -0.141. The van der Waals surface area contributed by atoms with Crippen LogP contribution in [0, 0.1) is 5.92 Å². The van der Waals surface area contributed by atoms with Crippen molar-refractivity contribution in [3.63, 3.8) is 0 Å². The van der Waals surface area contributed by atoms with Gasteiger partial charge in [-0.25, -0.2) is 4.79 Å². The van der Waals surface area contributed by atoms with E-state index in [1.54, 1.807) is 0 Å². The molecule has 2 aromatic rings. The molecule has 0 bridgehead atoms. The SMILES string of the molecule is O=C(O)C1CNC(c2ccc3[nH]c(=O)[nH]c3c2)C1. The first-order chi connectivity index (χ1) is 8.63. The third-order valence-corrected chi connectivity index (χ3v) is 3.42. The molecule has 94 valence electrons. The number of aromatic amines is 2. The quantitative estimate of drug-likeness (QED) is 0.624. The summed E-state index contributed by atoms with van der Waals surface area (Å²) < 4.78 is 0. The fourth-order valence-corrected chi connectivity index (χ4v) is 2.44. The van der Waals surface area contributed by atoms with Gasteiger partial charge < -0.3 is 20.4 Å². The third kappa shape index (κ3) is 1.80. The van der Waals surface area contributed by atoms with Gasteiger partial charge in [-0.3, -0.25) is 4.79 Å². The fourth-order valence-electron chi connectivity index (χ4n) is 2.44. The lowest BCUT2D eigenvalue weighted by Crippen LogP contribution is -2.17. The number of nitrogens with one attached hydrogen (secondary N) is 3. The number of fused-ring (bicyclic) bond motifs is 1. The highest BCUT2D eigenvalue weighted by molar-refractivity contribution is 5.75. The average Bonchev–Trinajstić information content (AvgIpc) is 2.91. The standard InChI is InChI=1S/C12H13N3O3/c16-11(17)7-4-9(13-5-7)6-1-2-8-10(3-6)15-12(18)14-8/h1-3,7,9,13H,4-5H2,(H,16,17)(H2,14,15,18). The summed E-state index contributed by atoms with van der Waals surface area (Å²) in [6.07, 6.45) is 0.579. The molecule has 6 nitrogen and oxygen atoms in total. The Hall–Kier alpha value is -2.08. The van der Waals surface area contributed by atoms with Crippen molar-refractivity contribution in [1.82, 2.24) is 15.3 Å². The van der Waals surface area contributed by atoms with Crippen LogP contribution in [0.4, 0.5) is 0 Å². The maximum atomic E-state index is 11.2. The molecule has 0 spiro atoms. The van der Waals surface area contributed by atoms with Crippen molar-refractivity contribution in [3.8, 4) is 0 Å². The number of hydrogen-bond acceptors (Lipinski definition) is 3. The Balaban J connectivity index is 1.91. The first kappa shape index (κ1) is 11.0. The number of hydrogen-bond donors (Lipinski definition) is 4. The number of carboxylic acid groups (broad SMARTS) is 1. The van der Waals surface area contributed by atoms with Crippen molar-refractivity contribution in [2.24, 2.45) is 5.92 Å². The Bertz CT molecular complexity index is 658. The largest absolute Gasteiger partial charge is 0.481 e. The van der Waals surface area contributed by atoms with Crippen LogP contribution in [0.2, 0.25) is 0 Å². The molecule has 18 heavy (non-hydrogen) atoms. The van der Waals surface area contributed by atoms with Gasteiger partial charge in [0, 0.05) is 12.6 Å². The van der Waals surface area contributed by atoms with Crippen molar-refractivity contribution < 1.29 is 9.90 Å². The number of H-pyrrole nitrogens is 2. The summed E-state index contributed by atoms with van der Waals surface area (Å²) in [6.45, 7) is 0.488. The smallest absolute Gasteiger partial charge is 0.323 e. The van der Waals surface area contributed by atoms with Gasteiger partial charge in [0.25, 0.3) is 0 Å². The van der Waals surface area contributed by atoms with Gasteiger partial charge in [-0.15, -0.1) is 0 Å². The van der Waals surface area contributed by atoms with Crippen LogP contribution in [0.5, 0.6) is 0 Å². The molecule has 1 saturated heterocycles. The van der Waals surface area contributed by atoms with Crippen LogP contribution in [0.3, 0.4) is 0 Å². The van der Waals surface area contributed by atoms with Gasteiger partial charge in [0.05, 0.1) is 17.0 Å². The second kappa shape index (κ2) is 3.99. The van der Waals surface area contributed by atoms with Crippen LogP contribution in [-0.4, -0.2) is 27.6 Å². The summed E-state index contributed by atoms with van der Waals surface area (Å²) in [5, 5.41) is 12.2. The van der Waals surface area contributed by atoms with E-state index in [-0.39, 0.29) is 17.6 Å². The molecule has 2 unspecified atom stereocenters. The van der Waals surface area contributed by atoms with Crippen LogP contribution >= 0.6 is 0 Å². The monoisotopic (exact) mass is 247 g/mol. The topological polar surface area (TPSA) is 98.0 Å². The summed E-state index contributed by atoms with van der Waals surface area (Å²) in [6, 6.07) is 5.66. The van der Waals surface area contributed by atoms with Crippen molar-refractivity contribution in [3.05, 3.63) is 34.2 Å². The zero-order valence-corrected chi connectivity index (χ0v) is 9.56. The molecule has 1 aliphatic rings. The highest BCUT2D eigenvalue weighted by atomic mass is 16.4. The van der Waals surface area contributed by atoms with Crippen molar-refractivity contribution in [2.45, 2.75) is 12.5 Å². The summed E-state index contributed by atoms with van der Waals surface area (Å²) in [5.74, 6) is -1.10. The molecule has 2 heterocycles. The Labute approximate surface area is 102 Å². The Morgan fingerprint density at radius 3 is 2.78 bits per heavy atom. The first-order valence-corrected chi connectivity index (χ1v) is 5.81. The summed E-state index contributed by atoms with van der Waals surface area (Å²) in [4.78, 5) is 27.4. The molecule has 1 fully saturated rings. The molecule has 0 radical (unpaired) electrons. The molecule has 3 rings (SSSR count). The number of imidazole rings is 1. The zero-order chi connectivity index (χ0) is 12.7. The number of aromatic nitrogens is 2. The van der Waals surface area contributed by atoms with Crippen LogP contribution < -0.4 is 11.0 Å². The lowest BCUT2D eigenvalue weighted by Gasteiger charge is -2.10. The molecule has 0 amide bonds. The van der Waals surface area contributed by atoms with Crippen molar-refractivity contribution in [2.75, 3.05) is 6.54 Å². The van der Waals surface area contributed by atoms with E-state index < -0.39 is 5.97 Å². The normalized spacial score (nSPS) is 23.6. The number of carbonyl (C=O) groups is 1. The van der Waals surface area contributed by atoms with E-state index in [0.717, 1.165) is 16.6 Å². The van der Waals surface area contributed by atoms with E-state index in [9.17, 15) is 9.59 Å². The zero-order valence-electron chi connectivity index (χ0n) is 9.56. The Kier molecular flexibility index (Phi) is 2.45. The highest BCUT2D eigenvalue weighted by Gasteiger charge is 2.30. The van der Waals surface area contributed by atoms with Crippen molar-refractivity contribution in [1.29, 1.82) is 0 Å². The van der Waals surface area contributed by atoms with Crippen molar-refractivity contribution >= 4 is 17.0 Å². The van der Waals surface area contributed by atoms with Crippen LogP contribution in [0.25, 0.3) is 11.0 Å². The third-order valence-electron chi connectivity index (χ3n) is 3.42. The van der Waals surface area contributed by atoms with Gasteiger partial charge >= 0.3 is 11.7 Å². The minimum atomic E-state index is -0.763. The van der Waals surface area contributed by atoms with E-state index >= 15 is 0 Å². The number of rotatable bonds is 2. The minimum Gasteiger partial charge on any atom is -0.481 e. The molecule has 4 N–H and O–H groups in total. The summed E-state index contributed by atoms with van der Waals surface area (Å²) >= 11 is 0. The van der Waals surface area contributed by atoms with Gasteiger partial charge in [-0.1, -0.05) is 6.07 Å². The number of carboxylic acids is 1. The molecule has 1 aromatic heterocycles. The minimum absolute atomic E-state index is 0.0360. The fraction of sp³-hybridized carbons (Fsp3) is 0.333. The average molecular weight is 247 g/mol. The van der Waals surface area contributed by atoms with E-state index in [1.807, 2.05) is 18.2 Å². The van der Waals surface area contributed by atoms with E-state index in [2.05, 4.69) is 15.3 Å². The molecule has 1 aliphatic heterocycles. The summed E-state index contributed by atoms with van der Waals surface area (Å²) in [7, 11) is 0. The van der Waals surface area contributed by atoms with Crippen LogP contribution in [0.1, 0.15) is 18.0 Å². The molecule has 2 atom stereocenters. The van der Waals surface area contributed by atoms with E-state index in [1.165, 1.54) is 0 Å². The predicted octanol–water partition coefficient (Wildman–Crippen LogP) is 0.591. The van der Waals surface area contributed by atoms with Gasteiger partial charge in [-0.05, 0) is 24.1 Å². The Morgan fingerprint density at radius 1 is 1.28 bits per heavy atom. The van der Waals surface area contributed by atoms with Crippen LogP contribution in [0.15, 0.2) is 23.0 Å². The lowest BCUT2D eigenvalue weighted by atomic mass is 10.00. The predicted molar refractivity (Wildman–Crippen MR) is 65.4 cm³/mol. The highest BCUT2D eigenvalue weighted by Crippen LogP contribution is 2.28. The van der Waals surface area contributed by atoms with E-state index in [0.29, 0.717) is 13.0 Å². The molecule has 0 aliphatic carbocycles. The number of benzene rings is 1. The van der Waals surface area contributed by atoms with Gasteiger partial charge in [0.2, 0.25) is 0 Å². The summed E-state index contributed by atoms with van der Waals surface area (Å²) in [5.41, 5.74) is 2.28. The van der Waals surface area contributed by atoms with Crippen LogP contribution in [-0.2, 0) is 4.79 Å². The maximum absolute atomic E-state index is 11.2. The van der Waals surface area contributed by atoms with Gasteiger partial charge in [-0.2, -0.15) is 0 Å². The number of aliphatic carboxylic acids is 1. The van der Waals surface area contributed by atoms with E-state index in [4.69, 9.17) is 5.11 Å². The second-order valence-corrected chi connectivity index (χ2v) is 4.62. The Morgan fingerprint density at radius 2 is 2.06 bits per heavy atom. The molecule has 0 saturated carbocycles. The van der Waals surface area contributed by atoms with Gasteiger partial charge in [0.15, 0.2) is 0 Å². The second-order valence-electron chi connectivity index (χ2n) is 4.62. The maximum Gasteiger partial charge on any atom is 0.323 e. The molecular formula is C12H13N3O3. The molecule has 6 heteroatoms.